The lowest BCUT2D eigenvalue weighted by atomic mass is 10.2. The van der Waals surface area contributed by atoms with E-state index in [1.165, 1.54) is 0 Å². The Kier molecular flexibility index (Phi) is 3.78. The molecule has 0 aliphatic carbocycles. The average molecular weight is 203 g/mol. The van der Waals surface area contributed by atoms with Gasteiger partial charge in [0.2, 0.25) is 0 Å². The molecule has 1 saturated heterocycles. The molecule has 0 unspecified atom stereocenters. The molecule has 0 spiro atoms. The number of furan rings is 1. The first-order valence-corrected chi connectivity index (χ1v) is 4.37. The number of hydrogen-bond donors (Lipinski definition) is 2. The summed E-state index contributed by atoms with van der Waals surface area (Å²) in [7, 11) is 0. The molecule has 1 aliphatic heterocycles. The van der Waals surface area contributed by atoms with Gasteiger partial charge in [-0.25, -0.2) is 0 Å². The molecule has 0 saturated carbocycles. The van der Waals surface area contributed by atoms with Crippen LogP contribution >= 0.6 is 12.4 Å². The van der Waals surface area contributed by atoms with Crippen molar-refractivity contribution in [1.82, 2.24) is 10.6 Å². The predicted octanol–water partition coefficient (Wildman–Crippen LogP) is 1.24. The number of piperazine rings is 1. The van der Waals surface area contributed by atoms with E-state index in [9.17, 15) is 0 Å². The molecule has 1 aromatic rings. The quantitative estimate of drug-likeness (QED) is 0.720. The summed E-state index contributed by atoms with van der Waals surface area (Å²) < 4.78 is 5.52. The van der Waals surface area contributed by atoms with Gasteiger partial charge in [0.15, 0.2) is 0 Å². The van der Waals surface area contributed by atoms with Crippen molar-refractivity contribution in [1.29, 1.82) is 0 Å². The maximum atomic E-state index is 5.52. The summed E-state index contributed by atoms with van der Waals surface area (Å²) in [5.74, 6) is 2.03. The molecule has 74 valence electrons. The molecule has 2 N–H and O–H groups in total. The first-order chi connectivity index (χ1) is 5.86. The number of aryl methyl sites for hydroxylation is 1. The number of hydrogen-bond acceptors (Lipinski definition) is 3. The summed E-state index contributed by atoms with van der Waals surface area (Å²) >= 11 is 0. The van der Waals surface area contributed by atoms with Gasteiger partial charge in [-0.15, -0.1) is 12.4 Å². The Balaban J connectivity index is 0.000000845. The SMILES string of the molecule is Cc1ccc([C@@H]2CNCCN2)o1.Cl. The summed E-state index contributed by atoms with van der Waals surface area (Å²) in [5.41, 5.74) is 0. The fourth-order valence-corrected chi connectivity index (χ4v) is 1.50. The Morgan fingerprint density at radius 2 is 2.23 bits per heavy atom. The fourth-order valence-electron chi connectivity index (χ4n) is 1.50. The van der Waals surface area contributed by atoms with Gasteiger partial charge < -0.3 is 15.1 Å². The first-order valence-electron chi connectivity index (χ1n) is 4.37. The van der Waals surface area contributed by atoms with E-state index < -0.39 is 0 Å². The molecule has 2 heterocycles. The van der Waals surface area contributed by atoms with Gasteiger partial charge in [0.05, 0.1) is 6.04 Å². The van der Waals surface area contributed by atoms with Crippen LogP contribution in [0.3, 0.4) is 0 Å². The molecule has 0 radical (unpaired) electrons. The van der Waals surface area contributed by atoms with Crippen LogP contribution in [-0.4, -0.2) is 19.6 Å². The summed E-state index contributed by atoms with van der Waals surface area (Å²) in [6, 6.07) is 4.40. The van der Waals surface area contributed by atoms with Crippen LogP contribution in [-0.2, 0) is 0 Å². The van der Waals surface area contributed by atoms with Gasteiger partial charge >= 0.3 is 0 Å². The average Bonchev–Trinajstić information content (AvgIpc) is 2.54. The molecule has 1 fully saturated rings. The fraction of sp³-hybridized carbons (Fsp3) is 0.556. The highest BCUT2D eigenvalue weighted by atomic mass is 35.5. The largest absolute Gasteiger partial charge is 0.465 e. The normalized spacial score (nSPS) is 22.4. The van der Waals surface area contributed by atoms with Crippen LogP contribution in [0.4, 0.5) is 0 Å². The lowest BCUT2D eigenvalue weighted by Gasteiger charge is -2.22. The van der Waals surface area contributed by atoms with Crippen molar-refractivity contribution in [3.8, 4) is 0 Å². The van der Waals surface area contributed by atoms with Crippen molar-refractivity contribution in [2.24, 2.45) is 0 Å². The second kappa shape index (κ2) is 4.65. The molecular formula is C9H15ClN2O. The van der Waals surface area contributed by atoms with E-state index in [0.717, 1.165) is 31.2 Å². The van der Waals surface area contributed by atoms with Gasteiger partial charge in [0.1, 0.15) is 11.5 Å². The van der Waals surface area contributed by atoms with E-state index in [2.05, 4.69) is 10.6 Å². The lowest BCUT2D eigenvalue weighted by molar-refractivity contribution is 0.356. The topological polar surface area (TPSA) is 37.2 Å². The number of rotatable bonds is 1. The second-order valence-corrected chi connectivity index (χ2v) is 3.16. The van der Waals surface area contributed by atoms with Gasteiger partial charge in [-0.05, 0) is 19.1 Å². The highest BCUT2D eigenvalue weighted by Gasteiger charge is 2.16. The van der Waals surface area contributed by atoms with Gasteiger partial charge in [0, 0.05) is 19.6 Å². The highest BCUT2D eigenvalue weighted by Crippen LogP contribution is 2.16. The molecule has 2 rings (SSSR count). The van der Waals surface area contributed by atoms with Gasteiger partial charge in [-0.2, -0.15) is 0 Å². The van der Waals surface area contributed by atoms with Crippen LogP contribution in [0.2, 0.25) is 0 Å². The lowest BCUT2D eigenvalue weighted by Crippen LogP contribution is -2.42. The van der Waals surface area contributed by atoms with Crippen LogP contribution < -0.4 is 10.6 Å². The predicted molar refractivity (Wildman–Crippen MR) is 54.3 cm³/mol. The molecule has 13 heavy (non-hydrogen) atoms. The third-order valence-electron chi connectivity index (χ3n) is 2.15. The van der Waals surface area contributed by atoms with Crippen molar-refractivity contribution in [3.05, 3.63) is 23.7 Å². The Hall–Kier alpha value is -0.510. The molecule has 4 heteroatoms. The Bertz CT molecular complexity index is 256. The van der Waals surface area contributed by atoms with Gasteiger partial charge in [0.25, 0.3) is 0 Å². The Morgan fingerprint density at radius 1 is 1.38 bits per heavy atom. The molecule has 3 nitrogen and oxygen atoms in total. The molecule has 0 bridgehead atoms. The zero-order chi connectivity index (χ0) is 8.39. The third-order valence-corrected chi connectivity index (χ3v) is 2.15. The van der Waals surface area contributed by atoms with E-state index in [-0.39, 0.29) is 12.4 Å². The Morgan fingerprint density at radius 3 is 2.77 bits per heavy atom. The minimum atomic E-state index is 0. The minimum absolute atomic E-state index is 0. The molecular weight excluding hydrogens is 188 g/mol. The van der Waals surface area contributed by atoms with Gasteiger partial charge in [-0.1, -0.05) is 0 Å². The summed E-state index contributed by atoms with van der Waals surface area (Å²) in [4.78, 5) is 0. The summed E-state index contributed by atoms with van der Waals surface area (Å²) in [6.07, 6.45) is 0. The van der Waals surface area contributed by atoms with E-state index in [0.29, 0.717) is 6.04 Å². The van der Waals surface area contributed by atoms with E-state index in [4.69, 9.17) is 4.42 Å². The van der Waals surface area contributed by atoms with Crippen LogP contribution in [0, 0.1) is 6.92 Å². The Labute approximate surface area is 84.3 Å². The van der Waals surface area contributed by atoms with Crippen molar-refractivity contribution in [2.75, 3.05) is 19.6 Å². The van der Waals surface area contributed by atoms with Crippen molar-refractivity contribution >= 4 is 12.4 Å². The summed E-state index contributed by atoms with van der Waals surface area (Å²) in [5, 5.41) is 6.71. The number of halogens is 1. The zero-order valence-electron chi connectivity index (χ0n) is 7.67. The maximum absolute atomic E-state index is 5.52. The standard InChI is InChI=1S/C9H14N2O.ClH/c1-7-2-3-9(12-7)8-6-10-4-5-11-8;/h2-3,8,10-11H,4-6H2,1H3;1H/t8-;/m0./s1. The number of nitrogens with one attached hydrogen (secondary N) is 2. The van der Waals surface area contributed by atoms with Crippen molar-refractivity contribution < 1.29 is 4.42 Å². The maximum Gasteiger partial charge on any atom is 0.122 e. The van der Waals surface area contributed by atoms with Crippen LogP contribution in [0.1, 0.15) is 17.6 Å². The molecule has 0 aromatic carbocycles. The second-order valence-electron chi connectivity index (χ2n) is 3.16. The third kappa shape index (κ3) is 2.46. The van der Waals surface area contributed by atoms with Crippen LogP contribution in [0.25, 0.3) is 0 Å². The van der Waals surface area contributed by atoms with Crippen LogP contribution in [0.5, 0.6) is 0 Å². The zero-order valence-corrected chi connectivity index (χ0v) is 8.49. The van der Waals surface area contributed by atoms with E-state index in [1.54, 1.807) is 0 Å². The first kappa shape index (κ1) is 10.6. The van der Waals surface area contributed by atoms with E-state index >= 15 is 0 Å². The monoisotopic (exact) mass is 202 g/mol. The molecule has 0 amide bonds. The van der Waals surface area contributed by atoms with Crippen LogP contribution in [0.15, 0.2) is 16.5 Å². The van der Waals surface area contributed by atoms with E-state index in [1.807, 2.05) is 19.1 Å². The molecule has 1 aromatic heterocycles. The highest BCUT2D eigenvalue weighted by molar-refractivity contribution is 5.85. The van der Waals surface area contributed by atoms with Crippen molar-refractivity contribution in [2.45, 2.75) is 13.0 Å². The van der Waals surface area contributed by atoms with Crippen molar-refractivity contribution in [3.63, 3.8) is 0 Å². The smallest absolute Gasteiger partial charge is 0.122 e. The minimum Gasteiger partial charge on any atom is -0.465 e. The molecule has 1 aliphatic rings. The summed E-state index contributed by atoms with van der Waals surface area (Å²) in [6.45, 7) is 5.01. The molecule has 1 atom stereocenters. The van der Waals surface area contributed by atoms with Gasteiger partial charge in [-0.3, -0.25) is 0 Å².